The Bertz CT molecular complexity index is 958. The van der Waals surface area contributed by atoms with Crippen LogP contribution in [0.15, 0.2) is 46.9 Å². The number of nitrogens with one attached hydrogen (secondary N) is 2. The molecule has 0 aliphatic carbocycles. The first-order valence-electron chi connectivity index (χ1n) is 9.33. The largest absolute Gasteiger partial charge is 0.456 e. The van der Waals surface area contributed by atoms with Crippen molar-refractivity contribution in [2.24, 2.45) is 0 Å². The fraction of sp³-hybridized carbons (Fsp3) is 0.273. The Hall–Kier alpha value is -3.00. The van der Waals surface area contributed by atoms with Crippen molar-refractivity contribution in [3.63, 3.8) is 0 Å². The minimum absolute atomic E-state index is 0.00267. The quantitative estimate of drug-likeness (QED) is 0.428. The molecule has 0 atom stereocenters. The minimum atomic E-state index is -0.653. The van der Waals surface area contributed by atoms with Gasteiger partial charge >= 0.3 is 5.97 Å². The van der Waals surface area contributed by atoms with Gasteiger partial charge in [0, 0.05) is 16.5 Å². The topological polar surface area (TPSA) is 102 Å². The van der Waals surface area contributed by atoms with Gasteiger partial charge in [0.05, 0.1) is 18.7 Å². The molecule has 158 valence electrons. The monoisotopic (exact) mass is 474 g/mol. The summed E-state index contributed by atoms with van der Waals surface area (Å²) in [5.74, 6) is -1.84. The van der Waals surface area contributed by atoms with Gasteiger partial charge in [-0.3, -0.25) is 19.2 Å². The molecule has 0 aliphatic heterocycles. The van der Waals surface area contributed by atoms with E-state index in [2.05, 4.69) is 26.6 Å². The van der Waals surface area contributed by atoms with Gasteiger partial charge in [0.2, 0.25) is 5.91 Å². The molecule has 2 rings (SSSR count). The predicted molar refractivity (Wildman–Crippen MR) is 116 cm³/mol. The highest BCUT2D eigenvalue weighted by molar-refractivity contribution is 9.10. The summed E-state index contributed by atoms with van der Waals surface area (Å²) < 4.78 is 5.58. The van der Waals surface area contributed by atoms with Crippen LogP contribution in [0.4, 0.5) is 5.69 Å². The van der Waals surface area contributed by atoms with Crippen molar-refractivity contribution in [3.8, 4) is 0 Å². The van der Waals surface area contributed by atoms with Crippen molar-refractivity contribution < 1.29 is 23.9 Å². The van der Waals surface area contributed by atoms with Gasteiger partial charge in [-0.2, -0.15) is 0 Å². The second-order valence-electron chi connectivity index (χ2n) is 6.69. The molecule has 2 N–H and O–H groups in total. The SMILES string of the molecule is Cc1ccc(C(=O)CCC(=O)OCC(=O)NCC(=O)Nc2ccccc2Br)cc1C. The number of halogens is 1. The Balaban J connectivity index is 1.67. The van der Waals surface area contributed by atoms with Crippen molar-refractivity contribution in [2.75, 3.05) is 18.5 Å². The van der Waals surface area contributed by atoms with Crippen molar-refractivity contribution in [1.82, 2.24) is 5.32 Å². The van der Waals surface area contributed by atoms with Crippen LogP contribution < -0.4 is 10.6 Å². The van der Waals surface area contributed by atoms with Crippen LogP contribution in [-0.2, 0) is 19.1 Å². The fourth-order valence-corrected chi connectivity index (χ4v) is 2.86. The number of rotatable bonds is 9. The van der Waals surface area contributed by atoms with Crippen molar-refractivity contribution >= 4 is 45.2 Å². The van der Waals surface area contributed by atoms with E-state index in [1.54, 1.807) is 30.3 Å². The van der Waals surface area contributed by atoms with Crippen molar-refractivity contribution in [3.05, 3.63) is 63.6 Å². The minimum Gasteiger partial charge on any atom is -0.456 e. The summed E-state index contributed by atoms with van der Waals surface area (Å²) in [5, 5.41) is 5.01. The second kappa shape index (κ2) is 11.3. The summed E-state index contributed by atoms with van der Waals surface area (Å²) in [7, 11) is 0. The molecule has 2 aromatic carbocycles. The van der Waals surface area contributed by atoms with Crippen LogP contribution >= 0.6 is 15.9 Å². The average molecular weight is 475 g/mol. The summed E-state index contributed by atoms with van der Waals surface area (Å²) in [6, 6.07) is 12.4. The molecular weight excluding hydrogens is 452 g/mol. The molecule has 8 heteroatoms. The van der Waals surface area contributed by atoms with Crippen LogP contribution in [0.1, 0.15) is 34.3 Å². The average Bonchev–Trinajstić information content (AvgIpc) is 2.72. The van der Waals surface area contributed by atoms with Gasteiger partial charge in [0.25, 0.3) is 5.91 Å². The van der Waals surface area contributed by atoms with E-state index in [0.717, 1.165) is 11.1 Å². The Morgan fingerprint density at radius 2 is 1.67 bits per heavy atom. The fourth-order valence-electron chi connectivity index (χ4n) is 2.48. The van der Waals surface area contributed by atoms with Crippen LogP contribution in [-0.4, -0.2) is 36.7 Å². The Kier molecular flexibility index (Phi) is 8.73. The number of anilines is 1. The molecule has 7 nitrogen and oxygen atoms in total. The smallest absolute Gasteiger partial charge is 0.306 e. The Morgan fingerprint density at radius 3 is 2.37 bits per heavy atom. The summed E-state index contributed by atoms with van der Waals surface area (Å²) in [6.45, 7) is 3.09. The third kappa shape index (κ3) is 7.44. The lowest BCUT2D eigenvalue weighted by atomic mass is 10.0. The van der Waals surface area contributed by atoms with E-state index in [1.165, 1.54) is 0 Å². The van der Waals surface area contributed by atoms with E-state index in [4.69, 9.17) is 4.74 Å². The Morgan fingerprint density at radius 1 is 0.933 bits per heavy atom. The van der Waals surface area contributed by atoms with E-state index in [9.17, 15) is 19.2 Å². The molecule has 2 aromatic rings. The molecule has 0 aromatic heterocycles. The lowest BCUT2D eigenvalue weighted by Crippen LogP contribution is -2.35. The highest BCUT2D eigenvalue weighted by Crippen LogP contribution is 2.20. The van der Waals surface area contributed by atoms with Crippen LogP contribution in [0.5, 0.6) is 0 Å². The van der Waals surface area contributed by atoms with E-state index in [1.807, 2.05) is 26.0 Å². The molecule has 0 heterocycles. The van der Waals surface area contributed by atoms with E-state index in [0.29, 0.717) is 15.7 Å². The third-order valence-corrected chi connectivity index (χ3v) is 5.03. The van der Waals surface area contributed by atoms with E-state index >= 15 is 0 Å². The maximum atomic E-state index is 12.2. The van der Waals surface area contributed by atoms with Gasteiger partial charge in [0.1, 0.15) is 0 Å². The number of carbonyl (C=O) groups excluding carboxylic acids is 4. The normalized spacial score (nSPS) is 10.2. The summed E-state index contributed by atoms with van der Waals surface area (Å²) >= 11 is 3.31. The number of para-hydroxylation sites is 1. The van der Waals surface area contributed by atoms with E-state index in [-0.39, 0.29) is 25.2 Å². The number of esters is 1. The molecule has 0 aliphatic rings. The van der Waals surface area contributed by atoms with E-state index < -0.39 is 24.4 Å². The Labute approximate surface area is 183 Å². The number of benzene rings is 2. The molecule has 0 bridgehead atoms. The van der Waals surface area contributed by atoms with Gasteiger partial charge in [-0.1, -0.05) is 24.3 Å². The second-order valence-corrected chi connectivity index (χ2v) is 7.54. The van der Waals surface area contributed by atoms with Gasteiger partial charge < -0.3 is 15.4 Å². The number of aryl methyl sites for hydroxylation is 2. The van der Waals surface area contributed by atoms with Crippen LogP contribution in [0.25, 0.3) is 0 Å². The maximum absolute atomic E-state index is 12.2. The third-order valence-electron chi connectivity index (χ3n) is 4.34. The number of hydrogen-bond acceptors (Lipinski definition) is 5. The molecule has 0 spiro atoms. The summed E-state index contributed by atoms with van der Waals surface area (Å²) in [4.78, 5) is 47.6. The highest BCUT2D eigenvalue weighted by atomic mass is 79.9. The first-order valence-corrected chi connectivity index (χ1v) is 10.1. The molecule has 0 saturated carbocycles. The number of hydrogen-bond donors (Lipinski definition) is 2. The zero-order chi connectivity index (χ0) is 22.1. The standard InChI is InChI=1S/C22H23BrN2O5/c1-14-7-8-16(11-15(14)2)19(26)9-10-22(29)30-13-21(28)24-12-20(27)25-18-6-4-3-5-17(18)23/h3-8,11H,9-10,12-13H2,1-2H3,(H,24,28)(H,25,27). The van der Waals surface area contributed by atoms with Gasteiger partial charge in [-0.15, -0.1) is 0 Å². The molecule has 0 unspecified atom stereocenters. The van der Waals surface area contributed by atoms with Crippen LogP contribution in [0.2, 0.25) is 0 Å². The van der Waals surface area contributed by atoms with Gasteiger partial charge in [-0.25, -0.2) is 0 Å². The number of ether oxygens (including phenoxy) is 1. The van der Waals surface area contributed by atoms with Gasteiger partial charge in [0.15, 0.2) is 12.4 Å². The number of amides is 2. The number of ketones is 1. The number of carbonyl (C=O) groups is 4. The maximum Gasteiger partial charge on any atom is 0.306 e. The zero-order valence-electron chi connectivity index (χ0n) is 16.8. The molecule has 0 fully saturated rings. The predicted octanol–water partition coefficient (Wildman–Crippen LogP) is 3.33. The highest BCUT2D eigenvalue weighted by Gasteiger charge is 2.13. The first kappa shape index (κ1) is 23.3. The zero-order valence-corrected chi connectivity index (χ0v) is 18.4. The number of Topliss-reactive ketones (excluding diaryl/α,β-unsaturated/α-hetero) is 1. The molecular formula is C22H23BrN2O5. The summed E-state index contributed by atoms with van der Waals surface area (Å²) in [5.41, 5.74) is 3.21. The van der Waals surface area contributed by atoms with Crippen LogP contribution in [0.3, 0.4) is 0 Å². The molecule has 2 amide bonds. The van der Waals surface area contributed by atoms with Gasteiger partial charge in [-0.05, 0) is 59.1 Å². The first-order chi connectivity index (χ1) is 14.3. The lowest BCUT2D eigenvalue weighted by Gasteiger charge is -2.09. The molecule has 0 saturated heterocycles. The summed E-state index contributed by atoms with van der Waals surface area (Å²) in [6.07, 6.45) is -0.126. The molecule has 30 heavy (non-hydrogen) atoms. The molecule has 0 radical (unpaired) electrons. The van der Waals surface area contributed by atoms with Crippen molar-refractivity contribution in [1.29, 1.82) is 0 Å². The van der Waals surface area contributed by atoms with Crippen molar-refractivity contribution in [2.45, 2.75) is 26.7 Å². The van der Waals surface area contributed by atoms with Crippen LogP contribution in [0, 0.1) is 13.8 Å². The lowest BCUT2D eigenvalue weighted by molar-refractivity contribution is -0.148.